The predicted molar refractivity (Wildman–Crippen MR) is 143 cm³/mol. The number of rotatable bonds is 6. The van der Waals surface area contributed by atoms with Gasteiger partial charge in [-0.1, -0.05) is 80.6 Å². The van der Waals surface area contributed by atoms with E-state index in [0.717, 1.165) is 27.3 Å². The van der Waals surface area contributed by atoms with E-state index in [4.69, 9.17) is 4.98 Å². The van der Waals surface area contributed by atoms with Gasteiger partial charge in [-0.2, -0.15) is 0 Å². The van der Waals surface area contributed by atoms with E-state index in [-0.39, 0.29) is 23.3 Å². The second-order valence-corrected chi connectivity index (χ2v) is 9.68. The molecule has 1 unspecified atom stereocenters. The molecule has 5 rings (SSSR count). The number of fused-ring (bicyclic) bond motifs is 1. The van der Waals surface area contributed by atoms with Gasteiger partial charge in [-0.25, -0.2) is 4.98 Å². The fourth-order valence-corrected chi connectivity index (χ4v) is 5.59. The Kier molecular flexibility index (Phi) is 8.09. The van der Waals surface area contributed by atoms with Crippen molar-refractivity contribution in [3.05, 3.63) is 122 Å². The van der Waals surface area contributed by atoms with Crippen molar-refractivity contribution in [1.29, 1.82) is 0 Å². The maximum Gasteiger partial charge on any atom is 0.257 e. The molecule has 0 bridgehead atoms. The second kappa shape index (κ2) is 11.4. The Balaban J connectivity index is 0.00000141. The van der Waals surface area contributed by atoms with Crippen LogP contribution < -0.4 is 5.56 Å². The monoisotopic (exact) mass is 484 g/mol. The predicted octanol–water partition coefficient (Wildman–Crippen LogP) is 6.19. The average Bonchev–Trinajstić information content (AvgIpc) is 3.41. The number of hydrogen-bond donors (Lipinski definition) is 0. The smallest absolute Gasteiger partial charge is 0.257 e. The summed E-state index contributed by atoms with van der Waals surface area (Å²) in [4.78, 5) is 32.7. The Hall–Kier alpha value is -3.31. The first-order chi connectivity index (χ1) is 17.1. The van der Waals surface area contributed by atoms with Crippen LogP contribution in [0.15, 0.2) is 83.0 Å². The Morgan fingerprint density at radius 1 is 1.00 bits per heavy atom. The molecule has 2 aromatic carbocycles. The van der Waals surface area contributed by atoms with Crippen LogP contribution in [0.2, 0.25) is 0 Å². The highest BCUT2D eigenvalue weighted by Crippen LogP contribution is 2.29. The van der Waals surface area contributed by atoms with E-state index in [2.05, 4.69) is 24.3 Å². The van der Waals surface area contributed by atoms with Gasteiger partial charge in [0.05, 0.1) is 11.7 Å². The fourth-order valence-electron chi connectivity index (χ4n) is 4.88. The molecule has 0 fully saturated rings. The van der Waals surface area contributed by atoms with Gasteiger partial charge < -0.3 is 0 Å². The van der Waals surface area contributed by atoms with Gasteiger partial charge in [0.25, 0.3) is 5.56 Å². The summed E-state index contributed by atoms with van der Waals surface area (Å²) in [6, 6.07) is 24.0. The number of hydrogen-bond acceptors (Lipinski definition) is 4. The van der Waals surface area contributed by atoms with Crippen molar-refractivity contribution in [3.63, 3.8) is 0 Å². The molecule has 4 aromatic rings. The molecule has 1 aliphatic carbocycles. The van der Waals surface area contributed by atoms with Crippen LogP contribution in [0.5, 0.6) is 0 Å². The maximum atomic E-state index is 13.8. The summed E-state index contributed by atoms with van der Waals surface area (Å²) >= 11 is 1.62. The first-order valence-corrected chi connectivity index (χ1v) is 13.3. The van der Waals surface area contributed by atoms with E-state index in [9.17, 15) is 9.59 Å². The Labute approximate surface area is 211 Å². The van der Waals surface area contributed by atoms with E-state index >= 15 is 0 Å². The molecule has 0 aliphatic heterocycles. The van der Waals surface area contributed by atoms with Gasteiger partial charge in [0.15, 0.2) is 0 Å². The van der Waals surface area contributed by atoms with Crippen molar-refractivity contribution in [3.8, 4) is 0 Å². The minimum absolute atomic E-state index is 0.0133. The zero-order valence-electron chi connectivity index (χ0n) is 20.6. The molecule has 0 amide bonds. The molecule has 1 atom stereocenters. The van der Waals surface area contributed by atoms with Crippen LogP contribution in [-0.4, -0.2) is 15.3 Å². The van der Waals surface area contributed by atoms with Gasteiger partial charge >= 0.3 is 0 Å². The summed E-state index contributed by atoms with van der Waals surface area (Å²) in [5.41, 5.74) is 3.67. The molecular formula is C30H32N2O2S. The molecule has 35 heavy (non-hydrogen) atoms. The van der Waals surface area contributed by atoms with Crippen molar-refractivity contribution < 1.29 is 4.79 Å². The zero-order chi connectivity index (χ0) is 24.8. The quantitative estimate of drug-likeness (QED) is 0.328. The Morgan fingerprint density at radius 3 is 2.20 bits per heavy atom. The van der Waals surface area contributed by atoms with Crippen molar-refractivity contribution in [2.45, 2.75) is 52.5 Å². The van der Waals surface area contributed by atoms with E-state index in [1.807, 2.05) is 79.2 Å². The topological polar surface area (TPSA) is 52.0 Å². The van der Waals surface area contributed by atoms with E-state index in [1.165, 1.54) is 0 Å². The van der Waals surface area contributed by atoms with Crippen LogP contribution in [0.1, 0.15) is 59.4 Å². The van der Waals surface area contributed by atoms with Crippen molar-refractivity contribution in [2.75, 3.05) is 0 Å². The number of carbonyl (C=O) groups is 1. The number of nitrogens with zero attached hydrogens (tertiary/aromatic N) is 2. The molecule has 2 aromatic heterocycles. The highest BCUT2D eigenvalue weighted by molar-refractivity contribution is 7.10. The lowest BCUT2D eigenvalue weighted by molar-refractivity contribution is -0.122. The van der Waals surface area contributed by atoms with Gasteiger partial charge in [0, 0.05) is 22.8 Å². The van der Waals surface area contributed by atoms with Gasteiger partial charge in [-0.05, 0) is 48.8 Å². The SMILES string of the molecule is CC.Cc1nc2c(c(=O)n1C(c1ccccc1)c1ccccc1)CCC(C(=O)Cc1cccs1)C2. The number of benzene rings is 2. The Bertz CT molecular complexity index is 1270. The molecule has 0 spiro atoms. The molecule has 4 nitrogen and oxygen atoms in total. The normalized spacial score (nSPS) is 14.7. The lowest BCUT2D eigenvalue weighted by Crippen LogP contribution is -2.36. The number of Topliss-reactive ketones (excluding diaryl/α,β-unsaturated/α-hetero) is 1. The molecular weight excluding hydrogens is 452 g/mol. The van der Waals surface area contributed by atoms with E-state index in [0.29, 0.717) is 31.5 Å². The zero-order valence-corrected chi connectivity index (χ0v) is 21.4. The van der Waals surface area contributed by atoms with Crippen LogP contribution in [0, 0.1) is 12.8 Å². The van der Waals surface area contributed by atoms with Crippen LogP contribution in [0.3, 0.4) is 0 Å². The van der Waals surface area contributed by atoms with Gasteiger partial charge in [-0.15, -0.1) is 11.3 Å². The maximum absolute atomic E-state index is 13.8. The molecule has 1 aliphatic rings. The Morgan fingerprint density at radius 2 is 1.63 bits per heavy atom. The van der Waals surface area contributed by atoms with Crippen LogP contribution in [0.4, 0.5) is 0 Å². The van der Waals surface area contributed by atoms with E-state index < -0.39 is 0 Å². The first-order valence-electron chi connectivity index (χ1n) is 12.4. The number of aryl methyl sites for hydroxylation is 1. The standard InChI is InChI=1S/C28H26N2O2S.C2H6/c1-19-29-25-17-22(26(31)18-23-13-8-16-33-23)14-15-24(25)28(32)30(19)27(20-9-4-2-5-10-20)21-11-6-3-7-12-21;1-2/h2-13,16,22,27H,14-15,17-18H2,1H3;1-2H3. The van der Waals surface area contributed by atoms with Crippen LogP contribution in [0.25, 0.3) is 0 Å². The lowest BCUT2D eigenvalue weighted by Gasteiger charge is -2.27. The molecule has 0 saturated carbocycles. The molecule has 0 saturated heterocycles. The summed E-state index contributed by atoms with van der Waals surface area (Å²) in [6.07, 6.45) is 2.33. The molecule has 5 heteroatoms. The molecule has 180 valence electrons. The summed E-state index contributed by atoms with van der Waals surface area (Å²) in [6.45, 7) is 5.90. The van der Waals surface area contributed by atoms with Gasteiger partial charge in [-0.3, -0.25) is 14.2 Å². The van der Waals surface area contributed by atoms with E-state index in [1.54, 1.807) is 11.3 Å². The largest absolute Gasteiger partial charge is 0.299 e. The number of aromatic nitrogens is 2. The molecule has 2 heterocycles. The highest BCUT2D eigenvalue weighted by Gasteiger charge is 2.30. The fraction of sp³-hybridized carbons (Fsp3) is 0.300. The van der Waals surface area contributed by atoms with Crippen molar-refractivity contribution in [1.82, 2.24) is 9.55 Å². The third-order valence-corrected chi connectivity index (χ3v) is 7.40. The minimum Gasteiger partial charge on any atom is -0.299 e. The first kappa shape index (κ1) is 24.8. The molecule has 0 radical (unpaired) electrons. The summed E-state index contributed by atoms with van der Waals surface area (Å²) in [7, 11) is 0. The van der Waals surface area contributed by atoms with Crippen molar-refractivity contribution >= 4 is 17.1 Å². The third kappa shape index (κ3) is 5.35. The minimum atomic E-state index is -0.240. The summed E-state index contributed by atoms with van der Waals surface area (Å²) in [5.74, 6) is 0.863. The third-order valence-electron chi connectivity index (χ3n) is 6.53. The number of thiophene rings is 1. The van der Waals surface area contributed by atoms with Crippen LogP contribution in [-0.2, 0) is 24.1 Å². The highest BCUT2D eigenvalue weighted by atomic mass is 32.1. The number of carbonyl (C=O) groups excluding carboxylic acids is 1. The summed E-state index contributed by atoms with van der Waals surface area (Å²) in [5, 5.41) is 2.00. The lowest BCUT2D eigenvalue weighted by atomic mass is 9.83. The van der Waals surface area contributed by atoms with Gasteiger partial charge in [0.2, 0.25) is 0 Å². The average molecular weight is 485 g/mol. The second-order valence-electron chi connectivity index (χ2n) is 8.65. The van der Waals surface area contributed by atoms with Gasteiger partial charge in [0.1, 0.15) is 11.6 Å². The van der Waals surface area contributed by atoms with Crippen LogP contribution >= 0.6 is 11.3 Å². The summed E-state index contributed by atoms with van der Waals surface area (Å²) < 4.78 is 1.83. The number of ketones is 1. The molecule has 0 N–H and O–H groups in total. The van der Waals surface area contributed by atoms with Crippen molar-refractivity contribution in [2.24, 2.45) is 5.92 Å².